The van der Waals surface area contributed by atoms with Crippen molar-refractivity contribution >= 4 is 25.7 Å². The molecule has 1 rings (SSSR count). The fraction of sp³-hybridized carbons (Fsp3) is 0.600. The van der Waals surface area contributed by atoms with Gasteiger partial charge in [-0.2, -0.15) is 8.61 Å². The van der Waals surface area contributed by atoms with Crippen LogP contribution in [0.15, 0.2) is 21.9 Å². The zero-order valence-electron chi connectivity index (χ0n) is 14.9. The molecular weight excluding hydrogens is 350 g/mol. The Morgan fingerprint density at radius 2 is 1.12 bits per heavy atom. The number of hydrogen-bond acceptors (Lipinski definition) is 5. The van der Waals surface area contributed by atoms with E-state index in [1.807, 2.05) is 0 Å². The molecule has 0 aliphatic heterocycles. The Morgan fingerprint density at radius 3 is 1.46 bits per heavy atom. The Kier molecular flexibility index (Phi) is 6.80. The van der Waals surface area contributed by atoms with E-state index in [0.717, 1.165) is 0 Å². The monoisotopic (exact) mass is 377 g/mol. The van der Waals surface area contributed by atoms with Crippen LogP contribution in [0.4, 0.5) is 5.69 Å². The van der Waals surface area contributed by atoms with Crippen LogP contribution in [-0.4, -0.2) is 51.6 Å². The first-order chi connectivity index (χ1) is 11.1. The minimum absolute atomic E-state index is 0.218. The highest BCUT2D eigenvalue weighted by Crippen LogP contribution is 2.30. The summed E-state index contributed by atoms with van der Waals surface area (Å²) >= 11 is 0. The molecule has 0 unspecified atom stereocenters. The van der Waals surface area contributed by atoms with Crippen molar-refractivity contribution in [1.82, 2.24) is 8.61 Å². The zero-order valence-corrected chi connectivity index (χ0v) is 16.5. The van der Waals surface area contributed by atoms with Gasteiger partial charge in [0.15, 0.2) is 0 Å². The van der Waals surface area contributed by atoms with Crippen LogP contribution in [0.5, 0.6) is 0 Å². The number of sulfonamides is 2. The lowest BCUT2D eigenvalue weighted by Crippen LogP contribution is -2.35. The highest BCUT2D eigenvalue weighted by molar-refractivity contribution is 7.92. The van der Waals surface area contributed by atoms with Gasteiger partial charge in [0, 0.05) is 31.9 Å². The fourth-order valence-electron chi connectivity index (χ4n) is 2.49. The highest BCUT2D eigenvalue weighted by atomic mass is 32.2. The first-order valence-corrected chi connectivity index (χ1v) is 10.9. The number of hydrogen-bond donors (Lipinski definition) is 1. The molecule has 0 bridgehead atoms. The van der Waals surface area contributed by atoms with Crippen molar-refractivity contribution in [2.45, 2.75) is 44.4 Å². The Bertz CT molecular complexity index is 714. The van der Waals surface area contributed by atoms with Gasteiger partial charge in [-0.25, -0.2) is 16.8 Å². The summed E-state index contributed by atoms with van der Waals surface area (Å²) in [5, 5.41) is 0. The van der Waals surface area contributed by atoms with Gasteiger partial charge in [-0.05, 0) is 24.6 Å². The molecule has 24 heavy (non-hydrogen) atoms. The summed E-state index contributed by atoms with van der Waals surface area (Å²) in [6.07, 6.45) is 0. The molecule has 2 N–H and O–H groups in total. The van der Waals surface area contributed by atoms with E-state index in [0.29, 0.717) is 5.56 Å². The third-order valence-corrected chi connectivity index (χ3v) is 8.29. The van der Waals surface area contributed by atoms with E-state index >= 15 is 0 Å². The number of nitrogens with two attached hydrogens (primary N) is 1. The third kappa shape index (κ3) is 3.74. The van der Waals surface area contributed by atoms with Crippen LogP contribution < -0.4 is 5.73 Å². The number of nitrogen functional groups attached to an aromatic ring is 1. The first kappa shape index (κ1) is 20.9. The van der Waals surface area contributed by atoms with Crippen LogP contribution in [0.25, 0.3) is 0 Å². The molecule has 0 atom stereocenters. The molecule has 7 nitrogen and oxygen atoms in total. The summed E-state index contributed by atoms with van der Waals surface area (Å²) < 4.78 is 54.1. The van der Waals surface area contributed by atoms with Crippen molar-refractivity contribution in [1.29, 1.82) is 0 Å². The Balaban J connectivity index is 3.79. The molecule has 0 heterocycles. The fourth-order valence-corrected chi connectivity index (χ4v) is 6.26. The van der Waals surface area contributed by atoms with Gasteiger partial charge in [-0.3, -0.25) is 0 Å². The summed E-state index contributed by atoms with van der Waals surface area (Å²) in [7, 11) is -7.89. The molecule has 9 heteroatoms. The van der Waals surface area contributed by atoms with Crippen LogP contribution in [0.3, 0.4) is 0 Å². The quantitative estimate of drug-likeness (QED) is 0.694. The number of benzene rings is 1. The Morgan fingerprint density at radius 1 is 0.792 bits per heavy atom. The Hall–Kier alpha value is -1.16. The van der Waals surface area contributed by atoms with Gasteiger partial charge in [-0.15, -0.1) is 0 Å². The van der Waals surface area contributed by atoms with Crippen molar-refractivity contribution < 1.29 is 16.8 Å². The van der Waals surface area contributed by atoms with Gasteiger partial charge >= 0.3 is 0 Å². The maximum atomic E-state index is 12.9. The predicted molar refractivity (Wildman–Crippen MR) is 95.8 cm³/mol. The minimum Gasteiger partial charge on any atom is -0.398 e. The third-order valence-electron chi connectivity index (χ3n) is 3.98. The van der Waals surface area contributed by atoms with Crippen LogP contribution >= 0.6 is 0 Å². The molecule has 0 aliphatic rings. The number of anilines is 1. The molecule has 1 aromatic rings. The summed E-state index contributed by atoms with van der Waals surface area (Å²) in [4.78, 5) is -0.481. The van der Waals surface area contributed by atoms with Gasteiger partial charge in [0.2, 0.25) is 20.0 Å². The summed E-state index contributed by atoms with van der Waals surface area (Å²) in [6, 6.07) is 2.60. The molecule has 1 aromatic carbocycles. The van der Waals surface area contributed by atoms with Gasteiger partial charge in [0.05, 0.1) is 0 Å². The average molecular weight is 378 g/mol. The molecule has 0 spiro atoms. The smallest absolute Gasteiger partial charge is 0.244 e. The number of rotatable bonds is 8. The van der Waals surface area contributed by atoms with Crippen molar-refractivity contribution in [3.63, 3.8) is 0 Å². The molecule has 0 saturated heterocycles. The van der Waals surface area contributed by atoms with E-state index in [-0.39, 0.29) is 41.7 Å². The lowest BCUT2D eigenvalue weighted by Gasteiger charge is -2.24. The van der Waals surface area contributed by atoms with Crippen LogP contribution in [0.1, 0.15) is 33.3 Å². The van der Waals surface area contributed by atoms with E-state index in [1.165, 1.54) is 20.7 Å². The van der Waals surface area contributed by atoms with E-state index in [1.54, 1.807) is 34.6 Å². The SMILES string of the molecule is CCN(CC)S(=O)(=O)c1cc(C)c(N)cc1S(=O)(=O)N(CC)CC. The van der Waals surface area contributed by atoms with Crippen molar-refractivity contribution in [2.75, 3.05) is 31.9 Å². The largest absolute Gasteiger partial charge is 0.398 e. The minimum atomic E-state index is -3.96. The second-order valence-corrected chi connectivity index (χ2v) is 9.15. The second-order valence-electron chi connectivity index (χ2n) is 5.33. The second kappa shape index (κ2) is 7.81. The lowest BCUT2D eigenvalue weighted by atomic mass is 10.2. The summed E-state index contributed by atoms with van der Waals surface area (Å²) in [5.41, 5.74) is 6.64. The highest BCUT2D eigenvalue weighted by Gasteiger charge is 2.33. The molecule has 0 amide bonds. The van der Waals surface area contributed by atoms with E-state index in [9.17, 15) is 16.8 Å². The molecule has 0 fully saturated rings. The molecule has 0 saturated carbocycles. The molecular formula is C15H27N3O4S2. The van der Waals surface area contributed by atoms with Gasteiger partial charge in [-0.1, -0.05) is 27.7 Å². The summed E-state index contributed by atoms with van der Waals surface area (Å²) in [6.45, 7) is 9.50. The first-order valence-electron chi connectivity index (χ1n) is 7.98. The van der Waals surface area contributed by atoms with Crippen molar-refractivity contribution in [3.8, 4) is 0 Å². The maximum absolute atomic E-state index is 12.9. The topological polar surface area (TPSA) is 101 Å². The molecule has 0 radical (unpaired) electrons. The number of aryl methyl sites for hydroxylation is 1. The van der Waals surface area contributed by atoms with Crippen molar-refractivity contribution in [3.05, 3.63) is 17.7 Å². The zero-order chi connectivity index (χ0) is 18.7. The van der Waals surface area contributed by atoms with E-state index < -0.39 is 20.0 Å². The molecule has 0 aromatic heterocycles. The van der Waals surface area contributed by atoms with E-state index in [2.05, 4.69) is 0 Å². The van der Waals surface area contributed by atoms with Crippen LogP contribution in [-0.2, 0) is 20.0 Å². The molecule has 0 aliphatic carbocycles. The van der Waals surface area contributed by atoms with Crippen LogP contribution in [0.2, 0.25) is 0 Å². The van der Waals surface area contributed by atoms with Gasteiger partial charge in [0.1, 0.15) is 9.79 Å². The normalized spacial score (nSPS) is 13.0. The average Bonchev–Trinajstić information content (AvgIpc) is 2.51. The van der Waals surface area contributed by atoms with Gasteiger partial charge in [0.25, 0.3) is 0 Å². The molecule has 138 valence electrons. The van der Waals surface area contributed by atoms with Crippen LogP contribution in [0, 0.1) is 6.92 Å². The maximum Gasteiger partial charge on any atom is 0.244 e. The number of nitrogens with zero attached hydrogens (tertiary/aromatic N) is 2. The standard InChI is InChI=1S/C15H27N3O4S2/c1-6-17(7-2)23(19,20)14-10-12(5)13(16)11-15(14)24(21,22)18(8-3)9-4/h10-11H,6-9,16H2,1-5H3. The Labute approximate surface area is 145 Å². The van der Waals surface area contributed by atoms with Crippen molar-refractivity contribution in [2.24, 2.45) is 0 Å². The van der Waals surface area contributed by atoms with Gasteiger partial charge < -0.3 is 5.73 Å². The predicted octanol–water partition coefficient (Wildman–Crippen LogP) is 1.64. The summed E-state index contributed by atoms with van der Waals surface area (Å²) in [5.74, 6) is 0. The lowest BCUT2D eigenvalue weighted by molar-refractivity contribution is 0.434. The van der Waals surface area contributed by atoms with E-state index in [4.69, 9.17) is 5.73 Å².